The lowest BCUT2D eigenvalue weighted by Gasteiger charge is -1.74. The fourth-order valence-corrected chi connectivity index (χ4v) is 0.544. The van der Waals surface area contributed by atoms with E-state index in [1.165, 1.54) is 0 Å². The molecule has 0 saturated carbocycles. The van der Waals surface area contributed by atoms with Gasteiger partial charge in [-0.1, -0.05) is 6.07 Å². The van der Waals surface area contributed by atoms with E-state index in [4.69, 9.17) is 0 Å². The SMILES string of the molecule is S[n+]1ccccc1.[Br-]. The van der Waals surface area contributed by atoms with Crippen LogP contribution in [-0.4, -0.2) is 0 Å². The Balaban J connectivity index is 0.000000490. The molecule has 0 bridgehead atoms. The van der Waals surface area contributed by atoms with Gasteiger partial charge < -0.3 is 17.0 Å². The van der Waals surface area contributed by atoms with E-state index in [0.29, 0.717) is 0 Å². The molecular weight excluding hydrogens is 186 g/mol. The summed E-state index contributed by atoms with van der Waals surface area (Å²) in [4.78, 5) is 0. The molecule has 44 valence electrons. The van der Waals surface area contributed by atoms with Crippen LogP contribution in [0.25, 0.3) is 0 Å². The highest BCUT2D eigenvalue weighted by Gasteiger charge is 1.80. The maximum absolute atomic E-state index is 4.00. The largest absolute Gasteiger partial charge is 1.00 e. The van der Waals surface area contributed by atoms with Crippen LogP contribution < -0.4 is 21.0 Å². The number of halogens is 1. The predicted octanol–water partition coefficient (Wildman–Crippen LogP) is -2.33. The minimum absolute atomic E-state index is 0. The highest BCUT2D eigenvalue weighted by Crippen LogP contribution is 1.75. The Morgan fingerprint density at radius 2 is 1.50 bits per heavy atom. The summed E-state index contributed by atoms with van der Waals surface area (Å²) < 4.78 is 1.69. The van der Waals surface area contributed by atoms with Crippen LogP contribution in [-0.2, 0) is 0 Å². The predicted molar refractivity (Wildman–Crippen MR) is 31.0 cm³/mol. The maximum Gasteiger partial charge on any atom is 0.183 e. The van der Waals surface area contributed by atoms with Crippen molar-refractivity contribution < 1.29 is 21.0 Å². The van der Waals surface area contributed by atoms with Crippen LogP contribution in [0, 0.1) is 0 Å². The zero-order chi connectivity index (χ0) is 5.11. The summed E-state index contributed by atoms with van der Waals surface area (Å²) in [7, 11) is 0. The number of hydrogen-bond donors (Lipinski definition) is 1. The Hall–Kier alpha value is -0.0200. The summed E-state index contributed by atoms with van der Waals surface area (Å²) in [5, 5.41) is 0. The second kappa shape index (κ2) is 3.92. The molecule has 0 aromatic carbocycles. The average molecular weight is 192 g/mol. The van der Waals surface area contributed by atoms with Crippen LogP contribution in [0.15, 0.2) is 30.6 Å². The van der Waals surface area contributed by atoms with Crippen molar-refractivity contribution in [1.29, 1.82) is 0 Å². The van der Waals surface area contributed by atoms with Crippen LogP contribution >= 0.6 is 12.8 Å². The molecule has 0 saturated heterocycles. The highest BCUT2D eigenvalue weighted by atomic mass is 79.9. The fraction of sp³-hybridized carbons (Fsp3) is 0. The molecule has 0 aliphatic heterocycles. The van der Waals surface area contributed by atoms with Gasteiger partial charge in [0.15, 0.2) is 12.4 Å². The van der Waals surface area contributed by atoms with Crippen LogP contribution in [0.3, 0.4) is 0 Å². The van der Waals surface area contributed by atoms with E-state index in [0.717, 1.165) is 0 Å². The number of nitrogens with zero attached hydrogens (tertiary/aromatic N) is 1. The van der Waals surface area contributed by atoms with Crippen molar-refractivity contribution in [2.45, 2.75) is 0 Å². The highest BCUT2D eigenvalue weighted by molar-refractivity contribution is 7.73. The first-order chi connectivity index (χ1) is 3.39. The Bertz CT molecular complexity index is 142. The van der Waals surface area contributed by atoms with E-state index in [-0.39, 0.29) is 17.0 Å². The van der Waals surface area contributed by atoms with E-state index in [1.54, 1.807) is 3.97 Å². The lowest BCUT2D eigenvalue weighted by Crippen LogP contribution is -3.00. The number of aromatic nitrogens is 1. The molecular formula is C5H6BrNS. The minimum Gasteiger partial charge on any atom is -1.00 e. The van der Waals surface area contributed by atoms with E-state index in [1.807, 2.05) is 30.6 Å². The fourth-order valence-electron chi connectivity index (χ4n) is 0.390. The van der Waals surface area contributed by atoms with E-state index in [9.17, 15) is 0 Å². The molecule has 3 heteroatoms. The summed E-state index contributed by atoms with van der Waals surface area (Å²) in [5.41, 5.74) is 0. The first kappa shape index (κ1) is 7.98. The molecule has 1 rings (SSSR count). The van der Waals surface area contributed by atoms with Gasteiger partial charge in [-0.2, -0.15) is 0 Å². The van der Waals surface area contributed by atoms with Crippen molar-refractivity contribution in [3.63, 3.8) is 0 Å². The molecule has 0 fully saturated rings. The molecule has 0 atom stereocenters. The summed E-state index contributed by atoms with van der Waals surface area (Å²) in [6, 6.07) is 5.80. The lowest BCUT2D eigenvalue weighted by atomic mass is 10.5. The van der Waals surface area contributed by atoms with Crippen molar-refractivity contribution in [1.82, 2.24) is 0 Å². The number of thiol groups is 1. The lowest BCUT2D eigenvalue weighted by molar-refractivity contribution is -0.489. The summed E-state index contributed by atoms with van der Waals surface area (Å²) in [6.07, 6.45) is 3.73. The Morgan fingerprint density at radius 1 is 1.00 bits per heavy atom. The molecule has 0 aliphatic carbocycles. The third kappa shape index (κ3) is 2.33. The molecule has 0 amide bonds. The van der Waals surface area contributed by atoms with Gasteiger partial charge in [0.2, 0.25) is 0 Å². The average Bonchev–Trinajstić information content (AvgIpc) is 1.69. The molecule has 0 spiro atoms. The Morgan fingerprint density at radius 3 is 1.75 bits per heavy atom. The van der Waals surface area contributed by atoms with E-state index in [2.05, 4.69) is 12.8 Å². The third-order valence-electron chi connectivity index (χ3n) is 0.700. The summed E-state index contributed by atoms with van der Waals surface area (Å²) in [5.74, 6) is 0. The maximum atomic E-state index is 4.00. The standard InChI is InChI=1S/C5H6NS.BrH/c7-6-4-2-1-3-5-6;/h1-5,7H;1H/q+1;/p-1. The number of rotatable bonds is 0. The minimum atomic E-state index is 0. The zero-order valence-corrected chi connectivity index (χ0v) is 6.64. The van der Waals surface area contributed by atoms with Gasteiger partial charge in [-0.3, -0.25) is 0 Å². The quantitative estimate of drug-likeness (QED) is 0.347. The van der Waals surface area contributed by atoms with Gasteiger partial charge >= 0.3 is 0 Å². The Labute approximate surface area is 64.7 Å². The van der Waals surface area contributed by atoms with Gasteiger partial charge in [0.25, 0.3) is 0 Å². The van der Waals surface area contributed by atoms with Gasteiger partial charge in [-0.05, 0) is 0 Å². The first-order valence-corrected chi connectivity index (χ1v) is 2.45. The summed E-state index contributed by atoms with van der Waals surface area (Å²) in [6.45, 7) is 0. The normalized spacial score (nSPS) is 7.62. The number of hydrogen-bond acceptors (Lipinski definition) is 1. The van der Waals surface area contributed by atoms with Crippen molar-refractivity contribution in [2.75, 3.05) is 0 Å². The van der Waals surface area contributed by atoms with E-state index < -0.39 is 0 Å². The van der Waals surface area contributed by atoms with Gasteiger partial charge in [-0.25, -0.2) is 0 Å². The van der Waals surface area contributed by atoms with Crippen molar-refractivity contribution >= 4 is 12.8 Å². The van der Waals surface area contributed by atoms with Gasteiger partial charge in [0, 0.05) is 12.1 Å². The van der Waals surface area contributed by atoms with Crippen molar-refractivity contribution in [3.8, 4) is 0 Å². The van der Waals surface area contributed by atoms with Crippen LogP contribution in [0.4, 0.5) is 0 Å². The second-order valence-corrected chi connectivity index (χ2v) is 1.72. The van der Waals surface area contributed by atoms with Crippen LogP contribution in [0.2, 0.25) is 0 Å². The molecule has 1 heterocycles. The third-order valence-corrected chi connectivity index (χ3v) is 0.966. The van der Waals surface area contributed by atoms with Crippen LogP contribution in [0.1, 0.15) is 0 Å². The van der Waals surface area contributed by atoms with Crippen LogP contribution in [0.5, 0.6) is 0 Å². The molecule has 1 aromatic rings. The topological polar surface area (TPSA) is 3.88 Å². The zero-order valence-electron chi connectivity index (χ0n) is 4.16. The molecule has 1 nitrogen and oxygen atoms in total. The van der Waals surface area contributed by atoms with E-state index >= 15 is 0 Å². The molecule has 0 N–H and O–H groups in total. The molecule has 0 aliphatic rings. The molecule has 0 unspecified atom stereocenters. The summed E-state index contributed by atoms with van der Waals surface area (Å²) >= 11 is 4.00. The molecule has 0 radical (unpaired) electrons. The monoisotopic (exact) mass is 191 g/mol. The first-order valence-electron chi connectivity index (χ1n) is 2.05. The van der Waals surface area contributed by atoms with Gasteiger partial charge in [0.1, 0.15) is 12.8 Å². The molecule has 8 heavy (non-hydrogen) atoms. The van der Waals surface area contributed by atoms with Crippen molar-refractivity contribution in [3.05, 3.63) is 30.6 Å². The second-order valence-electron chi connectivity index (χ2n) is 1.26. The molecule has 1 aromatic heterocycles. The van der Waals surface area contributed by atoms with Crippen molar-refractivity contribution in [2.24, 2.45) is 0 Å². The Kier molecular flexibility index (Phi) is 3.91. The number of pyridine rings is 1. The van der Waals surface area contributed by atoms with Gasteiger partial charge in [-0.15, -0.1) is 3.97 Å². The van der Waals surface area contributed by atoms with Gasteiger partial charge in [0.05, 0.1) is 0 Å². The smallest absolute Gasteiger partial charge is 0.183 e.